The van der Waals surface area contributed by atoms with Crippen molar-refractivity contribution in [3.05, 3.63) is 54.6 Å². The normalized spacial score (nSPS) is 10.7. The van der Waals surface area contributed by atoms with Crippen LogP contribution in [0.15, 0.2) is 49.0 Å². The zero-order valence-electron chi connectivity index (χ0n) is 9.87. The van der Waals surface area contributed by atoms with E-state index in [-0.39, 0.29) is 5.91 Å². The molecule has 2 N–H and O–H groups in total. The largest absolute Gasteiger partial charge is 0.514 e. The van der Waals surface area contributed by atoms with Gasteiger partial charge in [-0.3, -0.25) is 9.48 Å². The van der Waals surface area contributed by atoms with E-state index in [4.69, 9.17) is 5.11 Å². The molecule has 0 saturated carbocycles. The monoisotopic (exact) mass is 243 g/mol. The van der Waals surface area contributed by atoms with Gasteiger partial charge in [0, 0.05) is 25.0 Å². The van der Waals surface area contributed by atoms with Crippen molar-refractivity contribution in [3.8, 4) is 11.3 Å². The van der Waals surface area contributed by atoms with Crippen LogP contribution in [0, 0.1) is 0 Å². The quantitative estimate of drug-likeness (QED) is 0.808. The summed E-state index contributed by atoms with van der Waals surface area (Å²) in [6, 6.07) is 9.46. The topological polar surface area (TPSA) is 67.2 Å². The summed E-state index contributed by atoms with van der Waals surface area (Å²) in [6.07, 6.45) is 3.59. The number of rotatable bonds is 3. The number of amides is 1. The fraction of sp³-hybridized carbons (Fsp3) is 0.0769. The number of nitrogens with zero attached hydrogens (tertiary/aromatic N) is 2. The first-order valence-electron chi connectivity index (χ1n) is 5.41. The average Bonchev–Trinajstić information content (AvgIpc) is 2.79. The molecule has 1 aromatic carbocycles. The Bertz CT molecular complexity index is 573. The van der Waals surface area contributed by atoms with Crippen LogP contribution in [-0.2, 0) is 7.05 Å². The van der Waals surface area contributed by atoms with Crippen LogP contribution in [0.3, 0.4) is 0 Å². The Morgan fingerprint density at radius 2 is 2.11 bits per heavy atom. The van der Waals surface area contributed by atoms with E-state index in [9.17, 15) is 4.79 Å². The molecule has 0 unspecified atom stereocenters. The lowest BCUT2D eigenvalue weighted by atomic mass is 10.1. The SMILES string of the molecule is Cn1cc(C(=O)N/C=C\O)c(-c2ccccc2)n1. The van der Waals surface area contributed by atoms with Crippen molar-refractivity contribution in [1.29, 1.82) is 0 Å². The smallest absolute Gasteiger partial charge is 0.259 e. The Balaban J connectivity index is 2.40. The Hall–Kier alpha value is -2.56. The van der Waals surface area contributed by atoms with Gasteiger partial charge in [0.1, 0.15) is 5.69 Å². The number of carbonyl (C=O) groups excluding carboxylic acids is 1. The summed E-state index contributed by atoms with van der Waals surface area (Å²) in [7, 11) is 1.76. The Morgan fingerprint density at radius 1 is 1.39 bits per heavy atom. The van der Waals surface area contributed by atoms with Gasteiger partial charge in [-0.25, -0.2) is 0 Å². The Morgan fingerprint density at radius 3 is 2.78 bits per heavy atom. The molecule has 1 amide bonds. The summed E-state index contributed by atoms with van der Waals surface area (Å²) in [5.74, 6) is -0.313. The zero-order valence-corrected chi connectivity index (χ0v) is 9.87. The molecule has 0 aliphatic heterocycles. The molecule has 18 heavy (non-hydrogen) atoms. The standard InChI is InChI=1S/C13H13N3O2/c1-16-9-11(13(18)14-7-8-17)12(15-16)10-5-3-2-4-6-10/h2-9,17H,1H3,(H,14,18)/b8-7-. The third kappa shape index (κ3) is 2.40. The predicted octanol–water partition coefficient (Wildman–Crippen LogP) is 1.85. The second-order valence-corrected chi connectivity index (χ2v) is 3.72. The highest BCUT2D eigenvalue weighted by atomic mass is 16.2. The minimum absolute atomic E-state index is 0.313. The second-order valence-electron chi connectivity index (χ2n) is 3.72. The first-order valence-corrected chi connectivity index (χ1v) is 5.41. The molecule has 2 rings (SSSR count). The molecule has 0 saturated heterocycles. The van der Waals surface area contributed by atoms with E-state index in [1.165, 1.54) is 6.20 Å². The zero-order chi connectivity index (χ0) is 13.0. The summed E-state index contributed by atoms with van der Waals surface area (Å²) in [4.78, 5) is 11.9. The molecule has 0 atom stereocenters. The van der Waals surface area contributed by atoms with Gasteiger partial charge in [0.25, 0.3) is 5.91 Å². The molecular weight excluding hydrogens is 230 g/mol. The average molecular weight is 243 g/mol. The number of hydrogen-bond acceptors (Lipinski definition) is 3. The fourth-order valence-electron chi connectivity index (χ4n) is 1.65. The highest BCUT2D eigenvalue weighted by Gasteiger charge is 2.15. The number of aromatic nitrogens is 2. The molecule has 0 aliphatic rings. The van der Waals surface area contributed by atoms with E-state index in [0.717, 1.165) is 11.8 Å². The van der Waals surface area contributed by atoms with Crippen molar-refractivity contribution in [1.82, 2.24) is 15.1 Å². The number of aliphatic hydroxyl groups is 1. The number of carbonyl (C=O) groups is 1. The summed E-state index contributed by atoms with van der Waals surface area (Å²) in [5.41, 5.74) is 1.94. The number of hydrogen-bond donors (Lipinski definition) is 2. The van der Waals surface area contributed by atoms with Gasteiger partial charge in [-0.15, -0.1) is 0 Å². The number of aliphatic hydroxyl groups excluding tert-OH is 1. The molecule has 2 aromatic rings. The minimum atomic E-state index is -0.313. The first-order chi connectivity index (χ1) is 8.72. The molecule has 1 aromatic heterocycles. The van der Waals surface area contributed by atoms with Crippen LogP contribution in [-0.4, -0.2) is 20.8 Å². The van der Waals surface area contributed by atoms with Gasteiger partial charge >= 0.3 is 0 Å². The van der Waals surface area contributed by atoms with E-state index in [1.807, 2.05) is 30.3 Å². The molecule has 0 radical (unpaired) electrons. The minimum Gasteiger partial charge on any atom is -0.514 e. The van der Waals surface area contributed by atoms with Crippen molar-refractivity contribution in [2.75, 3.05) is 0 Å². The first kappa shape index (κ1) is 11.9. The van der Waals surface area contributed by atoms with Gasteiger partial charge in [-0.2, -0.15) is 5.10 Å². The fourth-order valence-corrected chi connectivity index (χ4v) is 1.65. The summed E-state index contributed by atoms with van der Waals surface area (Å²) >= 11 is 0. The Labute approximate surface area is 104 Å². The molecule has 0 spiro atoms. The van der Waals surface area contributed by atoms with Crippen molar-refractivity contribution in [3.63, 3.8) is 0 Å². The molecule has 0 aliphatic carbocycles. The van der Waals surface area contributed by atoms with Crippen LogP contribution in [0.4, 0.5) is 0 Å². The Kier molecular flexibility index (Phi) is 3.43. The predicted molar refractivity (Wildman–Crippen MR) is 67.9 cm³/mol. The van der Waals surface area contributed by atoms with Crippen LogP contribution < -0.4 is 5.32 Å². The highest BCUT2D eigenvalue weighted by Crippen LogP contribution is 2.21. The van der Waals surface area contributed by atoms with Gasteiger partial charge in [0.2, 0.25) is 0 Å². The number of nitrogens with one attached hydrogen (secondary N) is 1. The van der Waals surface area contributed by atoms with Crippen molar-refractivity contribution in [2.24, 2.45) is 7.05 Å². The van der Waals surface area contributed by atoms with Crippen LogP contribution in [0.5, 0.6) is 0 Å². The van der Waals surface area contributed by atoms with Crippen LogP contribution >= 0.6 is 0 Å². The summed E-state index contributed by atoms with van der Waals surface area (Å²) in [6.45, 7) is 0. The van der Waals surface area contributed by atoms with Gasteiger partial charge in [-0.1, -0.05) is 30.3 Å². The van der Waals surface area contributed by atoms with Crippen LogP contribution in [0.25, 0.3) is 11.3 Å². The second kappa shape index (κ2) is 5.18. The third-order valence-electron chi connectivity index (χ3n) is 2.41. The van der Waals surface area contributed by atoms with Gasteiger partial charge in [0.05, 0.1) is 11.8 Å². The molecule has 0 fully saturated rings. The van der Waals surface area contributed by atoms with Gasteiger partial charge in [0.15, 0.2) is 0 Å². The molecule has 92 valence electrons. The third-order valence-corrected chi connectivity index (χ3v) is 2.41. The summed E-state index contributed by atoms with van der Waals surface area (Å²) in [5, 5.41) is 15.3. The van der Waals surface area contributed by atoms with Gasteiger partial charge in [-0.05, 0) is 0 Å². The number of benzene rings is 1. The van der Waals surface area contributed by atoms with Crippen LogP contribution in [0.2, 0.25) is 0 Å². The van der Waals surface area contributed by atoms with Crippen LogP contribution in [0.1, 0.15) is 10.4 Å². The van der Waals surface area contributed by atoms with E-state index in [1.54, 1.807) is 17.9 Å². The maximum absolute atomic E-state index is 11.9. The van der Waals surface area contributed by atoms with Crippen molar-refractivity contribution in [2.45, 2.75) is 0 Å². The van der Waals surface area contributed by atoms with E-state index >= 15 is 0 Å². The van der Waals surface area contributed by atoms with Gasteiger partial charge < -0.3 is 10.4 Å². The van der Waals surface area contributed by atoms with E-state index < -0.39 is 0 Å². The lowest BCUT2D eigenvalue weighted by Crippen LogP contribution is -2.17. The lowest BCUT2D eigenvalue weighted by molar-refractivity contribution is 0.0969. The molecular formula is C13H13N3O2. The van der Waals surface area contributed by atoms with E-state index in [2.05, 4.69) is 10.4 Å². The molecule has 5 nitrogen and oxygen atoms in total. The van der Waals surface area contributed by atoms with Crippen molar-refractivity contribution >= 4 is 5.91 Å². The van der Waals surface area contributed by atoms with Crippen molar-refractivity contribution < 1.29 is 9.90 Å². The highest BCUT2D eigenvalue weighted by molar-refractivity contribution is 6.00. The van der Waals surface area contributed by atoms with E-state index in [0.29, 0.717) is 11.3 Å². The molecule has 1 heterocycles. The number of aryl methyl sites for hydroxylation is 1. The summed E-state index contributed by atoms with van der Waals surface area (Å²) < 4.78 is 1.58. The molecule has 0 bridgehead atoms. The maximum Gasteiger partial charge on any atom is 0.259 e. The lowest BCUT2D eigenvalue weighted by Gasteiger charge is -2.00. The molecule has 5 heteroatoms. The maximum atomic E-state index is 11.9.